The zero-order valence-electron chi connectivity index (χ0n) is 11.4. The highest BCUT2D eigenvalue weighted by Crippen LogP contribution is 2.18. The zero-order chi connectivity index (χ0) is 15.7. The van der Waals surface area contributed by atoms with Gasteiger partial charge in [-0.2, -0.15) is 0 Å². The van der Waals surface area contributed by atoms with Crippen molar-refractivity contribution in [3.8, 4) is 0 Å². The second kappa shape index (κ2) is 5.58. The number of sulfone groups is 1. The number of rotatable bonds is 5. The lowest BCUT2D eigenvalue weighted by Gasteiger charge is -2.14. The van der Waals surface area contributed by atoms with Gasteiger partial charge in [0, 0.05) is 12.3 Å². The number of H-pyrrole nitrogens is 1. The summed E-state index contributed by atoms with van der Waals surface area (Å²) in [6.45, 7) is 1.67. The Morgan fingerprint density at radius 1 is 1.14 bits per heavy atom. The topological polar surface area (TPSA) is 109 Å². The number of imidazole rings is 1. The largest absolute Gasteiger partial charge is 0.335 e. The van der Waals surface area contributed by atoms with Gasteiger partial charge in [0.1, 0.15) is 0 Å². The second-order valence-electron chi connectivity index (χ2n) is 4.60. The Morgan fingerprint density at radius 3 is 2.24 bits per heavy atom. The molecule has 2 rings (SSSR count). The Balaban J connectivity index is 2.20. The van der Waals surface area contributed by atoms with Crippen molar-refractivity contribution < 1.29 is 16.8 Å². The van der Waals surface area contributed by atoms with Crippen molar-refractivity contribution in [2.75, 3.05) is 6.26 Å². The smallest absolute Gasteiger partial charge is 0.258 e. The number of nitrogens with one attached hydrogen (secondary N) is 2. The van der Waals surface area contributed by atoms with Crippen LogP contribution < -0.4 is 4.72 Å². The van der Waals surface area contributed by atoms with Gasteiger partial charge in [-0.05, 0) is 24.6 Å². The van der Waals surface area contributed by atoms with Crippen LogP contribution in [0.2, 0.25) is 0 Å². The Kier molecular flexibility index (Phi) is 4.17. The molecule has 1 aromatic heterocycles. The molecule has 0 saturated carbocycles. The standard InChI is InChI=1S/C12H15N3O4S2/c1-9(15-21(18,19)12-7-13-8-14-12)10-3-5-11(6-4-10)20(2,16)17/h3-9,15H,1-2H3,(H,13,14). The SMILES string of the molecule is CC(NS(=O)(=O)c1cnc[nH]1)c1ccc(S(C)(=O)=O)cc1. The highest BCUT2D eigenvalue weighted by Gasteiger charge is 2.19. The average molecular weight is 329 g/mol. The number of aromatic amines is 1. The van der Waals surface area contributed by atoms with Gasteiger partial charge in [0.2, 0.25) is 0 Å². The summed E-state index contributed by atoms with van der Waals surface area (Å²) in [7, 11) is -6.96. The van der Waals surface area contributed by atoms with Gasteiger partial charge in [-0.15, -0.1) is 0 Å². The van der Waals surface area contributed by atoms with Gasteiger partial charge in [0.05, 0.1) is 17.4 Å². The monoisotopic (exact) mass is 329 g/mol. The van der Waals surface area contributed by atoms with E-state index in [2.05, 4.69) is 14.7 Å². The van der Waals surface area contributed by atoms with Gasteiger partial charge in [0.15, 0.2) is 14.9 Å². The van der Waals surface area contributed by atoms with E-state index in [9.17, 15) is 16.8 Å². The van der Waals surface area contributed by atoms with Gasteiger partial charge in [-0.1, -0.05) is 12.1 Å². The summed E-state index contributed by atoms with van der Waals surface area (Å²) < 4.78 is 49.3. The van der Waals surface area contributed by atoms with Crippen LogP contribution in [0.5, 0.6) is 0 Å². The molecule has 0 radical (unpaired) electrons. The second-order valence-corrected chi connectivity index (χ2v) is 8.30. The van der Waals surface area contributed by atoms with E-state index in [1.165, 1.54) is 24.7 Å². The maximum atomic E-state index is 12.0. The quantitative estimate of drug-likeness (QED) is 0.845. The molecule has 0 amide bonds. The van der Waals surface area contributed by atoms with Crippen LogP contribution >= 0.6 is 0 Å². The van der Waals surface area contributed by atoms with E-state index < -0.39 is 25.9 Å². The van der Waals surface area contributed by atoms with Crippen molar-refractivity contribution in [3.63, 3.8) is 0 Å². The van der Waals surface area contributed by atoms with E-state index in [-0.39, 0.29) is 9.92 Å². The summed E-state index contributed by atoms with van der Waals surface area (Å²) in [6.07, 6.45) is 3.61. The number of aromatic nitrogens is 2. The molecule has 1 unspecified atom stereocenters. The molecule has 1 atom stereocenters. The van der Waals surface area contributed by atoms with Crippen LogP contribution in [0.15, 0.2) is 46.7 Å². The zero-order valence-corrected chi connectivity index (χ0v) is 13.1. The molecule has 114 valence electrons. The fourth-order valence-electron chi connectivity index (χ4n) is 1.76. The molecule has 7 nitrogen and oxygen atoms in total. The minimum Gasteiger partial charge on any atom is -0.335 e. The summed E-state index contributed by atoms with van der Waals surface area (Å²) >= 11 is 0. The van der Waals surface area contributed by atoms with Crippen molar-refractivity contribution >= 4 is 19.9 Å². The molecular weight excluding hydrogens is 314 g/mol. The van der Waals surface area contributed by atoms with E-state index in [0.717, 1.165) is 6.26 Å². The molecular formula is C12H15N3O4S2. The fourth-order valence-corrected chi connectivity index (χ4v) is 3.52. The van der Waals surface area contributed by atoms with Crippen LogP contribution in [0.25, 0.3) is 0 Å². The third kappa shape index (κ3) is 3.69. The first-order chi connectivity index (χ1) is 9.70. The Labute approximate surface area is 123 Å². The summed E-state index contributed by atoms with van der Waals surface area (Å²) in [5.41, 5.74) is 0.658. The minimum atomic E-state index is -3.69. The molecule has 0 saturated heterocycles. The molecule has 2 N–H and O–H groups in total. The highest BCUT2D eigenvalue weighted by molar-refractivity contribution is 7.90. The van der Waals surface area contributed by atoms with E-state index in [1.807, 2.05) is 0 Å². The average Bonchev–Trinajstić information content (AvgIpc) is 2.92. The van der Waals surface area contributed by atoms with Crippen LogP contribution in [0, 0.1) is 0 Å². The summed E-state index contributed by atoms with van der Waals surface area (Å²) in [5, 5.41) is -0.0258. The first-order valence-corrected chi connectivity index (χ1v) is 9.38. The van der Waals surface area contributed by atoms with Crippen LogP contribution in [0.1, 0.15) is 18.5 Å². The van der Waals surface area contributed by atoms with Gasteiger partial charge in [-0.25, -0.2) is 26.5 Å². The van der Waals surface area contributed by atoms with Crippen LogP contribution in [-0.2, 0) is 19.9 Å². The number of hydrogen-bond donors (Lipinski definition) is 2. The normalized spacial score (nSPS) is 14.0. The predicted octanol–water partition coefficient (Wildman–Crippen LogP) is 0.853. The first kappa shape index (κ1) is 15.7. The molecule has 0 aliphatic carbocycles. The van der Waals surface area contributed by atoms with Gasteiger partial charge in [0.25, 0.3) is 10.0 Å². The van der Waals surface area contributed by atoms with Crippen molar-refractivity contribution in [1.29, 1.82) is 0 Å². The molecule has 21 heavy (non-hydrogen) atoms. The molecule has 1 heterocycles. The maximum Gasteiger partial charge on any atom is 0.258 e. The molecule has 0 aliphatic heterocycles. The predicted molar refractivity (Wildman–Crippen MR) is 76.9 cm³/mol. The van der Waals surface area contributed by atoms with E-state index >= 15 is 0 Å². The Hall–Kier alpha value is -1.71. The number of sulfonamides is 1. The number of nitrogens with zero attached hydrogens (tertiary/aromatic N) is 1. The van der Waals surface area contributed by atoms with Crippen LogP contribution in [0.3, 0.4) is 0 Å². The van der Waals surface area contributed by atoms with E-state index in [4.69, 9.17) is 0 Å². The fraction of sp³-hybridized carbons (Fsp3) is 0.250. The van der Waals surface area contributed by atoms with Crippen molar-refractivity contribution in [1.82, 2.24) is 14.7 Å². The van der Waals surface area contributed by atoms with Gasteiger partial charge >= 0.3 is 0 Å². The highest BCUT2D eigenvalue weighted by atomic mass is 32.2. The molecule has 0 fully saturated rings. The lowest BCUT2D eigenvalue weighted by molar-refractivity contribution is 0.563. The lowest BCUT2D eigenvalue weighted by Crippen LogP contribution is -2.27. The first-order valence-electron chi connectivity index (χ1n) is 6.01. The molecule has 2 aromatic rings. The van der Waals surface area contributed by atoms with Crippen molar-refractivity contribution in [3.05, 3.63) is 42.4 Å². The van der Waals surface area contributed by atoms with Gasteiger partial charge in [-0.3, -0.25) is 0 Å². The summed E-state index contributed by atoms with van der Waals surface area (Å²) in [4.78, 5) is 6.38. The van der Waals surface area contributed by atoms with Crippen LogP contribution in [0.4, 0.5) is 0 Å². The molecule has 0 spiro atoms. The van der Waals surface area contributed by atoms with Gasteiger partial charge < -0.3 is 4.98 Å². The molecule has 0 aliphatic rings. The van der Waals surface area contributed by atoms with E-state index in [1.54, 1.807) is 19.1 Å². The Morgan fingerprint density at radius 2 is 1.76 bits per heavy atom. The maximum absolute atomic E-state index is 12.0. The lowest BCUT2D eigenvalue weighted by atomic mass is 10.1. The number of hydrogen-bond acceptors (Lipinski definition) is 5. The number of benzene rings is 1. The molecule has 1 aromatic carbocycles. The van der Waals surface area contributed by atoms with Crippen molar-refractivity contribution in [2.45, 2.75) is 22.9 Å². The van der Waals surface area contributed by atoms with Crippen molar-refractivity contribution in [2.24, 2.45) is 0 Å². The third-order valence-corrected chi connectivity index (χ3v) is 5.50. The molecule has 9 heteroatoms. The molecule has 0 bridgehead atoms. The minimum absolute atomic E-state index is 0.0258. The van der Waals surface area contributed by atoms with Crippen LogP contribution in [-0.4, -0.2) is 33.1 Å². The Bertz CT molecular complexity index is 810. The summed E-state index contributed by atoms with van der Waals surface area (Å²) in [6, 6.07) is 5.55. The summed E-state index contributed by atoms with van der Waals surface area (Å²) in [5.74, 6) is 0. The van der Waals surface area contributed by atoms with E-state index in [0.29, 0.717) is 5.56 Å². The third-order valence-electron chi connectivity index (χ3n) is 2.90.